The van der Waals surface area contributed by atoms with Crippen molar-refractivity contribution >= 4 is 22.8 Å². The predicted octanol–water partition coefficient (Wildman–Crippen LogP) is 4.61. The molecule has 4 aliphatic rings. The Bertz CT molecular complexity index is 1770. The summed E-state index contributed by atoms with van der Waals surface area (Å²) in [4.78, 5) is 32.6. The maximum atomic E-state index is 13.5. The minimum absolute atomic E-state index is 0.0359. The van der Waals surface area contributed by atoms with Gasteiger partial charge in [-0.3, -0.25) is 9.59 Å². The van der Waals surface area contributed by atoms with Gasteiger partial charge in [-0.05, 0) is 37.3 Å². The summed E-state index contributed by atoms with van der Waals surface area (Å²) in [5.41, 5.74) is 1.19. The van der Waals surface area contributed by atoms with Gasteiger partial charge < -0.3 is 19.1 Å². The molecule has 3 aromatic rings. The van der Waals surface area contributed by atoms with E-state index in [4.69, 9.17) is 8.85 Å². The lowest BCUT2D eigenvalue weighted by Gasteiger charge is -2.44. The van der Waals surface area contributed by atoms with Crippen LogP contribution in [-0.2, 0) is 4.79 Å². The van der Waals surface area contributed by atoms with Crippen LogP contribution in [0.1, 0.15) is 63.3 Å². The number of imidazole rings is 1. The van der Waals surface area contributed by atoms with E-state index >= 15 is 0 Å². The number of carbonyl (C=O) groups excluding carboxylic acids is 2. The van der Waals surface area contributed by atoms with E-state index in [1.807, 2.05) is 6.92 Å². The minimum Gasteiger partial charge on any atom is -0.434 e. The third-order valence-corrected chi connectivity index (χ3v) is 8.17. The third-order valence-electron chi connectivity index (χ3n) is 8.17. The van der Waals surface area contributed by atoms with Crippen LogP contribution in [0.4, 0.5) is 17.6 Å². The van der Waals surface area contributed by atoms with Gasteiger partial charge in [-0.15, -0.1) is 0 Å². The molecular formula is C29H24F4N4O3. The number of alkyl halides is 4. The van der Waals surface area contributed by atoms with Crippen LogP contribution >= 0.6 is 0 Å². The van der Waals surface area contributed by atoms with Crippen molar-refractivity contribution in [3.63, 3.8) is 0 Å². The van der Waals surface area contributed by atoms with Crippen LogP contribution in [0.5, 0.6) is 5.75 Å². The number of ether oxygens (including phenoxy) is 1. The molecule has 7 rings (SSSR count). The van der Waals surface area contributed by atoms with Crippen molar-refractivity contribution in [3.05, 3.63) is 58.9 Å². The van der Waals surface area contributed by atoms with E-state index in [2.05, 4.69) is 16.8 Å². The highest BCUT2D eigenvalue weighted by molar-refractivity contribution is 5.98. The smallest absolute Gasteiger partial charge is 0.387 e. The lowest BCUT2D eigenvalue weighted by atomic mass is 9.82. The fraction of sp³-hybridized carbons (Fsp3) is 0.414. The molecule has 2 bridgehead atoms. The molecule has 2 fully saturated rings. The molecule has 1 saturated heterocycles. The number of nitrogens with zero attached hydrogens (tertiary/aromatic N) is 4. The van der Waals surface area contributed by atoms with E-state index in [1.165, 1.54) is 23.1 Å². The Morgan fingerprint density at radius 2 is 2.00 bits per heavy atom. The summed E-state index contributed by atoms with van der Waals surface area (Å²) >= 11 is 0. The van der Waals surface area contributed by atoms with E-state index in [0.717, 1.165) is 4.90 Å². The van der Waals surface area contributed by atoms with E-state index in [-0.39, 0.29) is 36.4 Å². The molecular weight excluding hydrogens is 528 g/mol. The molecule has 0 radical (unpaired) electrons. The number of carbonyl (C=O) groups is 2. The van der Waals surface area contributed by atoms with Gasteiger partial charge in [0.2, 0.25) is 5.91 Å². The van der Waals surface area contributed by atoms with Crippen molar-refractivity contribution in [2.24, 2.45) is 11.3 Å². The van der Waals surface area contributed by atoms with E-state index in [9.17, 15) is 27.2 Å². The standard InChI is InChI=1S/C29H24F4N4O3/c1-28(13-36(14-28)26(39)17-12-29(17,32)33)9-8-15-6-7-18-19(10-15)37-20-11-21(24(37)34-18)35(2)25(38)16-4-3-5-22(23(16)20)40-27(30)31/h3-7,10,17,20-21,27H,11-14H2,1-2H3/t17?,20-,21-/m1/s1/i2D3. The first kappa shape index (κ1) is 21.7. The van der Waals surface area contributed by atoms with Crippen molar-refractivity contribution in [2.75, 3.05) is 20.1 Å². The number of hydrogen-bond acceptors (Lipinski definition) is 4. The summed E-state index contributed by atoms with van der Waals surface area (Å²) < 4.78 is 84.3. The molecule has 1 aromatic heterocycles. The van der Waals surface area contributed by atoms with Crippen LogP contribution < -0.4 is 4.74 Å². The fourth-order valence-corrected chi connectivity index (χ4v) is 6.14. The largest absolute Gasteiger partial charge is 0.434 e. The Kier molecular flexibility index (Phi) is 4.46. The van der Waals surface area contributed by atoms with Crippen LogP contribution in [0, 0.1) is 23.2 Å². The number of rotatable bonds is 3. The summed E-state index contributed by atoms with van der Waals surface area (Å²) in [6, 6.07) is 7.61. The van der Waals surface area contributed by atoms with Gasteiger partial charge in [-0.2, -0.15) is 8.78 Å². The van der Waals surface area contributed by atoms with E-state index in [0.29, 0.717) is 22.4 Å². The number of aromatic nitrogens is 2. The van der Waals surface area contributed by atoms with Crippen molar-refractivity contribution < 1.29 is 36.0 Å². The molecule has 0 spiro atoms. The summed E-state index contributed by atoms with van der Waals surface area (Å²) in [6.45, 7) is -3.68. The Morgan fingerprint density at radius 3 is 2.70 bits per heavy atom. The van der Waals surface area contributed by atoms with Crippen molar-refractivity contribution in [1.29, 1.82) is 0 Å². The van der Waals surface area contributed by atoms with Crippen molar-refractivity contribution in [3.8, 4) is 17.6 Å². The number of amides is 2. The number of benzene rings is 2. The summed E-state index contributed by atoms with van der Waals surface area (Å²) in [6.07, 6.45) is -0.322. The molecule has 4 heterocycles. The summed E-state index contributed by atoms with van der Waals surface area (Å²) in [7, 11) is 0. The van der Waals surface area contributed by atoms with Crippen LogP contribution in [0.3, 0.4) is 0 Å². The van der Waals surface area contributed by atoms with Gasteiger partial charge in [0.15, 0.2) is 0 Å². The van der Waals surface area contributed by atoms with Crippen molar-refractivity contribution in [1.82, 2.24) is 19.4 Å². The molecule has 1 saturated carbocycles. The molecule has 2 aromatic carbocycles. The van der Waals surface area contributed by atoms with Crippen LogP contribution in [-0.4, -0.2) is 63.8 Å². The van der Waals surface area contributed by atoms with E-state index < -0.39 is 61.2 Å². The monoisotopic (exact) mass is 555 g/mol. The van der Waals surface area contributed by atoms with Gasteiger partial charge in [0.25, 0.3) is 11.8 Å². The Hall–Kier alpha value is -4.07. The second-order valence-corrected chi connectivity index (χ2v) is 11.1. The first-order valence-electron chi connectivity index (χ1n) is 14.3. The maximum Gasteiger partial charge on any atom is 0.387 e. The molecule has 40 heavy (non-hydrogen) atoms. The summed E-state index contributed by atoms with van der Waals surface area (Å²) in [5.74, 6) is 0.790. The van der Waals surface area contributed by atoms with Gasteiger partial charge in [0.05, 0.1) is 28.5 Å². The van der Waals surface area contributed by atoms with Gasteiger partial charge in [-0.1, -0.05) is 17.9 Å². The molecule has 3 aliphatic heterocycles. The molecule has 0 N–H and O–H groups in total. The summed E-state index contributed by atoms with van der Waals surface area (Å²) in [5, 5.41) is 0. The highest BCUT2D eigenvalue weighted by Crippen LogP contribution is 2.51. The zero-order valence-electron chi connectivity index (χ0n) is 24.1. The molecule has 1 aliphatic carbocycles. The number of halogens is 4. The molecule has 1 unspecified atom stereocenters. The predicted molar refractivity (Wildman–Crippen MR) is 135 cm³/mol. The average Bonchev–Trinajstić information content (AvgIpc) is 3.25. The van der Waals surface area contributed by atoms with Crippen LogP contribution in [0.15, 0.2) is 36.4 Å². The second-order valence-electron chi connectivity index (χ2n) is 11.1. The van der Waals surface area contributed by atoms with Crippen LogP contribution in [0.2, 0.25) is 0 Å². The van der Waals surface area contributed by atoms with Crippen LogP contribution in [0.25, 0.3) is 11.0 Å². The highest BCUT2D eigenvalue weighted by Gasteiger charge is 2.63. The lowest BCUT2D eigenvalue weighted by molar-refractivity contribution is -0.143. The topological polar surface area (TPSA) is 67.7 Å². The van der Waals surface area contributed by atoms with Gasteiger partial charge in [-0.25, -0.2) is 13.8 Å². The fourth-order valence-electron chi connectivity index (χ4n) is 6.14. The molecule has 11 heteroatoms. The second kappa shape index (κ2) is 8.22. The first-order valence-corrected chi connectivity index (χ1v) is 12.8. The van der Waals surface area contributed by atoms with E-state index in [1.54, 1.807) is 22.8 Å². The zero-order chi connectivity index (χ0) is 30.6. The molecule has 7 nitrogen and oxygen atoms in total. The average molecular weight is 556 g/mol. The van der Waals surface area contributed by atoms with Gasteiger partial charge >= 0.3 is 6.61 Å². The Balaban J connectivity index is 1.27. The quantitative estimate of drug-likeness (QED) is 0.350. The Labute approximate surface area is 230 Å². The lowest BCUT2D eigenvalue weighted by Crippen LogP contribution is -2.57. The van der Waals surface area contributed by atoms with Crippen molar-refractivity contribution in [2.45, 2.75) is 44.4 Å². The molecule has 2 amide bonds. The normalized spacial score (nSPS) is 26.5. The molecule has 206 valence electrons. The van der Waals surface area contributed by atoms with Gasteiger partial charge in [0, 0.05) is 53.7 Å². The zero-order valence-corrected chi connectivity index (χ0v) is 21.1. The molecule has 3 atom stereocenters. The number of hydrogen-bond donors (Lipinski definition) is 0. The SMILES string of the molecule is [2H]C([2H])([2H])N1C(=O)c2cccc(OC(F)F)c2[C@H]2C[C@@H]1c1nc3ccc(C#CC4(C)CN(C(=O)C5CC5(F)F)C4)cc3n12. The maximum absolute atomic E-state index is 13.5. The number of fused-ring (bicyclic) bond motifs is 9. The minimum atomic E-state index is -3.17. The highest BCUT2D eigenvalue weighted by atomic mass is 19.3. The van der Waals surface area contributed by atoms with Gasteiger partial charge in [0.1, 0.15) is 17.5 Å². The Morgan fingerprint density at radius 1 is 1.23 bits per heavy atom. The first-order chi connectivity index (χ1) is 20.2. The number of likely N-dealkylation sites (tertiary alicyclic amines) is 1. The third kappa shape index (κ3) is 3.68.